The van der Waals surface area contributed by atoms with E-state index in [1.54, 1.807) is 12.4 Å². The fraction of sp³-hybridized carbons (Fsp3) is 0. The van der Waals surface area contributed by atoms with Crippen LogP contribution in [0.3, 0.4) is 0 Å². The van der Waals surface area contributed by atoms with Crippen molar-refractivity contribution >= 4 is 75.8 Å². The van der Waals surface area contributed by atoms with Crippen LogP contribution in [0, 0.1) is 0 Å². The van der Waals surface area contributed by atoms with Gasteiger partial charge in [-0.05, 0) is 60.7 Å². The number of fused-ring (bicyclic) bond motifs is 9. The van der Waals surface area contributed by atoms with Crippen molar-refractivity contribution in [2.24, 2.45) is 0 Å². The van der Waals surface area contributed by atoms with Crippen LogP contribution in [0.15, 0.2) is 164 Å². The van der Waals surface area contributed by atoms with E-state index in [9.17, 15) is 13.0 Å². The number of hydrogen-bond acceptors (Lipinski definition) is 9. The Balaban J connectivity index is 1.02. The van der Waals surface area contributed by atoms with Crippen molar-refractivity contribution in [1.82, 2.24) is 29.9 Å². The summed E-state index contributed by atoms with van der Waals surface area (Å²) >= 11 is 0. The van der Waals surface area contributed by atoms with Gasteiger partial charge in [-0.2, -0.15) is 8.42 Å². The smallest absolute Gasteiger partial charge is 0.362 e. The summed E-state index contributed by atoms with van der Waals surface area (Å²) in [5.41, 5.74) is 10.2. The van der Waals surface area contributed by atoms with Crippen LogP contribution in [0.2, 0.25) is 0 Å². The molecular formula is C48H28N6O4S. The summed E-state index contributed by atoms with van der Waals surface area (Å²) in [5, 5.41) is 5.70. The van der Waals surface area contributed by atoms with Crippen LogP contribution in [-0.2, 0) is 10.4 Å². The lowest BCUT2D eigenvalue weighted by molar-refractivity contribution is 0.387. The van der Waals surface area contributed by atoms with Crippen LogP contribution in [0.1, 0.15) is 0 Å². The molecule has 11 heteroatoms. The van der Waals surface area contributed by atoms with Gasteiger partial charge in [0.2, 0.25) is 0 Å². The molecule has 0 aliphatic rings. The van der Waals surface area contributed by atoms with Gasteiger partial charge in [-0.1, -0.05) is 91.0 Å². The minimum Gasteiger partial charge on any atom is -0.362 e. The predicted molar refractivity (Wildman–Crippen MR) is 232 cm³/mol. The molecule has 0 atom stereocenters. The second kappa shape index (κ2) is 13.4. The molecule has 280 valence electrons. The first-order chi connectivity index (χ1) is 28.8. The molecular weight excluding hydrogens is 757 g/mol. The highest BCUT2D eigenvalue weighted by Gasteiger charge is 2.16. The van der Waals surface area contributed by atoms with Crippen LogP contribution < -0.4 is 4.18 Å². The summed E-state index contributed by atoms with van der Waals surface area (Å²) < 4.78 is 38.7. The lowest BCUT2D eigenvalue weighted by Gasteiger charge is -2.12. The summed E-state index contributed by atoms with van der Waals surface area (Å²) in [6.45, 7) is 0. The summed E-state index contributed by atoms with van der Waals surface area (Å²) in [7, 11) is -4.84. The van der Waals surface area contributed by atoms with Crippen LogP contribution in [0.25, 0.3) is 110 Å². The van der Waals surface area contributed by atoms with Crippen LogP contribution >= 0.6 is 0 Å². The minimum absolute atomic E-state index is 0.0941. The number of aromatic nitrogens is 6. The van der Waals surface area contributed by atoms with E-state index in [0.29, 0.717) is 39.1 Å². The van der Waals surface area contributed by atoms with Crippen molar-refractivity contribution in [3.8, 4) is 50.8 Å². The van der Waals surface area contributed by atoms with Crippen molar-refractivity contribution in [1.29, 1.82) is 0 Å². The largest absolute Gasteiger partial charge is 0.446 e. The van der Waals surface area contributed by atoms with Gasteiger partial charge in [0.05, 0.1) is 55.9 Å². The molecule has 1 N–H and O–H groups in total. The van der Waals surface area contributed by atoms with E-state index < -0.39 is 10.4 Å². The standard InChI is InChI=1S/C48H28N6O4S/c55-59(56,57)58-38-26-36(41-20-16-31-11-9-29-7-3-23-50-44(29)46(31)53-41)25-37(27-38)42-21-17-33-13-12-32-15-19-40(52-47(32)48(33)54-42)35-5-1-4-34(24-35)39-18-14-30-10-8-28-6-2-22-49-43(28)45(30)51-39/h1-27H,(H,55,56,57). The first-order valence-corrected chi connectivity index (χ1v) is 20.1. The molecule has 0 aliphatic heterocycles. The molecule has 10 nitrogen and oxygen atoms in total. The average Bonchev–Trinajstić information content (AvgIpc) is 3.27. The molecule has 0 saturated carbocycles. The average molecular weight is 785 g/mol. The maximum absolute atomic E-state index is 12.0. The third-order valence-corrected chi connectivity index (χ3v) is 10.9. The zero-order valence-electron chi connectivity index (χ0n) is 30.9. The molecule has 59 heavy (non-hydrogen) atoms. The van der Waals surface area contributed by atoms with E-state index in [2.05, 4.69) is 34.2 Å². The fourth-order valence-electron chi connectivity index (χ4n) is 7.76. The molecule has 11 rings (SSSR count). The summed E-state index contributed by atoms with van der Waals surface area (Å²) in [6, 6.07) is 48.8. The Morgan fingerprint density at radius 1 is 0.373 bits per heavy atom. The highest BCUT2D eigenvalue weighted by molar-refractivity contribution is 7.81. The molecule has 0 unspecified atom stereocenters. The van der Waals surface area contributed by atoms with Crippen LogP contribution in [-0.4, -0.2) is 42.9 Å². The highest BCUT2D eigenvalue weighted by atomic mass is 32.3. The number of benzene rings is 5. The number of hydrogen-bond donors (Lipinski definition) is 1. The molecule has 0 saturated heterocycles. The molecule has 6 heterocycles. The normalized spacial score (nSPS) is 11.9. The van der Waals surface area contributed by atoms with E-state index >= 15 is 0 Å². The molecule has 0 aliphatic carbocycles. The summed E-state index contributed by atoms with van der Waals surface area (Å²) in [6.07, 6.45) is 3.52. The van der Waals surface area contributed by atoms with E-state index in [-0.39, 0.29) is 5.75 Å². The number of nitrogens with zero attached hydrogens (tertiary/aromatic N) is 6. The lowest BCUT2D eigenvalue weighted by atomic mass is 10.0. The van der Waals surface area contributed by atoms with E-state index in [0.717, 1.165) is 71.4 Å². The Morgan fingerprint density at radius 3 is 1.12 bits per heavy atom. The van der Waals surface area contributed by atoms with Gasteiger partial charge in [0.25, 0.3) is 0 Å². The van der Waals surface area contributed by atoms with Crippen molar-refractivity contribution in [3.63, 3.8) is 0 Å². The second-order valence-electron chi connectivity index (χ2n) is 14.3. The van der Waals surface area contributed by atoms with Gasteiger partial charge in [-0.15, -0.1) is 0 Å². The van der Waals surface area contributed by atoms with Gasteiger partial charge in [0, 0.05) is 67.0 Å². The highest BCUT2D eigenvalue weighted by Crippen LogP contribution is 2.35. The van der Waals surface area contributed by atoms with E-state index in [1.807, 2.05) is 115 Å². The molecule has 0 radical (unpaired) electrons. The van der Waals surface area contributed by atoms with Crippen molar-refractivity contribution < 1.29 is 17.2 Å². The topological polar surface area (TPSA) is 141 Å². The van der Waals surface area contributed by atoms with Crippen LogP contribution in [0.5, 0.6) is 5.75 Å². The number of rotatable bonds is 6. The van der Waals surface area contributed by atoms with Gasteiger partial charge in [-0.25, -0.2) is 19.9 Å². The Hall–Kier alpha value is -7.73. The minimum atomic E-state index is -4.84. The van der Waals surface area contributed by atoms with Crippen molar-refractivity contribution in [2.45, 2.75) is 0 Å². The first kappa shape index (κ1) is 34.5. The Kier molecular flexibility index (Phi) is 7.86. The predicted octanol–water partition coefficient (Wildman–Crippen LogP) is 10.8. The zero-order valence-corrected chi connectivity index (χ0v) is 31.7. The zero-order chi connectivity index (χ0) is 39.7. The third-order valence-electron chi connectivity index (χ3n) is 10.5. The molecule has 0 bridgehead atoms. The summed E-state index contributed by atoms with van der Waals surface area (Å²) in [5.74, 6) is -0.0941. The van der Waals surface area contributed by atoms with Gasteiger partial charge in [-0.3, -0.25) is 14.5 Å². The Morgan fingerprint density at radius 2 is 0.712 bits per heavy atom. The molecule has 11 aromatic rings. The molecule has 0 amide bonds. The van der Waals surface area contributed by atoms with Gasteiger partial charge >= 0.3 is 10.4 Å². The fourth-order valence-corrected chi connectivity index (χ4v) is 8.10. The van der Waals surface area contributed by atoms with Gasteiger partial charge in [0.1, 0.15) is 5.75 Å². The van der Waals surface area contributed by atoms with E-state index in [4.69, 9.17) is 24.1 Å². The SMILES string of the molecule is O=S(=O)(O)Oc1cc(-c2ccc3ccc4cccnc4c3n2)cc(-c2ccc3ccc4ccc(-c5cccc(-c6ccc7ccc8cccnc8c7n6)c5)nc4c3n2)c1. The molecule has 5 aromatic carbocycles. The Labute approximate surface area is 336 Å². The van der Waals surface area contributed by atoms with Crippen molar-refractivity contribution in [3.05, 3.63) is 164 Å². The van der Waals surface area contributed by atoms with E-state index in [1.165, 1.54) is 12.1 Å². The monoisotopic (exact) mass is 784 g/mol. The maximum Gasteiger partial charge on any atom is 0.446 e. The molecule has 6 aromatic heterocycles. The second-order valence-corrected chi connectivity index (χ2v) is 15.3. The molecule has 0 spiro atoms. The maximum atomic E-state index is 12.0. The summed E-state index contributed by atoms with van der Waals surface area (Å²) in [4.78, 5) is 29.5. The Bertz CT molecular complexity index is 3650. The van der Waals surface area contributed by atoms with Crippen molar-refractivity contribution in [2.75, 3.05) is 0 Å². The van der Waals surface area contributed by atoms with Crippen LogP contribution in [0.4, 0.5) is 0 Å². The molecule has 0 fully saturated rings. The quantitative estimate of drug-likeness (QED) is 0.128. The van der Waals surface area contributed by atoms with Gasteiger partial charge < -0.3 is 4.18 Å². The third kappa shape index (κ3) is 6.31. The van der Waals surface area contributed by atoms with Gasteiger partial charge in [0.15, 0.2) is 0 Å². The first-order valence-electron chi connectivity index (χ1n) is 18.7. The lowest BCUT2D eigenvalue weighted by Crippen LogP contribution is -2.07. The number of pyridine rings is 6.